The van der Waals surface area contributed by atoms with Crippen LogP contribution in [0.25, 0.3) is 11.0 Å². The molecule has 0 amide bonds. The number of piperidine rings is 1. The van der Waals surface area contributed by atoms with Crippen LogP contribution in [0, 0.1) is 16.7 Å². The summed E-state index contributed by atoms with van der Waals surface area (Å²) in [4.78, 5) is 10.5. The van der Waals surface area contributed by atoms with Gasteiger partial charge in [-0.1, -0.05) is 0 Å². The number of fused-ring (bicyclic) bond motifs is 1. The normalized spacial score (nSPS) is 23.5. The zero-order valence-electron chi connectivity index (χ0n) is 10.7. The molecule has 0 bridgehead atoms. The number of anilines is 2. The van der Waals surface area contributed by atoms with Crippen molar-refractivity contribution in [3.8, 4) is 6.07 Å². The Morgan fingerprint density at radius 3 is 3.16 bits per heavy atom. The average molecular weight is 257 g/mol. The first-order chi connectivity index (χ1) is 9.11. The Morgan fingerprint density at radius 2 is 2.37 bits per heavy atom. The maximum atomic E-state index is 9.29. The van der Waals surface area contributed by atoms with Crippen molar-refractivity contribution in [3.63, 3.8) is 0 Å². The molecule has 3 N–H and O–H groups in total. The van der Waals surface area contributed by atoms with Gasteiger partial charge >= 0.3 is 0 Å². The number of nitrogens with two attached hydrogens (primary N) is 1. The number of H-pyrrole nitrogens is 1. The summed E-state index contributed by atoms with van der Waals surface area (Å²) in [5, 5.41) is 16.9. The number of nitrogen functional groups attached to an aromatic ring is 1. The van der Waals surface area contributed by atoms with Gasteiger partial charge in [-0.15, -0.1) is 0 Å². The van der Waals surface area contributed by atoms with E-state index in [-0.39, 0.29) is 11.4 Å². The van der Waals surface area contributed by atoms with E-state index in [2.05, 4.69) is 31.1 Å². The van der Waals surface area contributed by atoms with E-state index in [9.17, 15) is 5.26 Å². The molecule has 0 aromatic carbocycles. The number of aromatic amines is 1. The van der Waals surface area contributed by atoms with Crippen LogP contribution in [0.1, 0.15) is 19.8 Å². The largest absolute Gasteiger partial charge is 0.368 e. The van der Waals surface area contributed by atoms with E-state index in [1.807, 2.05) is 6.92 Å². The molecule has 2 aromatic rings. The molecule has 7 nitrogen and oxygen atoms in total. The molecular weight excluding hydrogens is 242 g/mol. The molecule has 19 heavy (non-hydrogen) atoms. The van der Waals surface area contributed by atoms with Gasteiger partial charge in [0.1, 0.15) is 5.82 Å². The molecule has 3 heterocycles. The standard InChI is InChI=1S/C12H15N7/c1-12(6-13)3-2-4-19(7-12)10-8-5-15-18-9(8)16-11(14)17-10/h5H,2-4,7H2,1H3,(H3,14,15,16,17,18). The Bertz CT molecular complexity index is 656. The highest BCUT2D eigenvalue weighted by Gasteiger charge is 2.32. The number of nitriles is 1. The summed E-state index contributed by atoms with van der Waals surface area (Å²) in [6.45, 7) is 3.50. The predicted molar refractivity (Wildman–Crippen MR) is 71.3 cm³/mol. The van der Waals surface area contributed by atoms with Crippen molar-refractivity contribution >= 4 is 22.8 Å². The zero-order chi connectivity index (χ0) is 13.5. The van der Waals surface area contributed by atoms with Crippen molar-refractivity contribution in [1.82, 2.24) is 20.2 Å². The molecular formula is C12H15N7. The second-order valence-electron chi connectivity index (χ2n) is 5.24. The molecule has 3 rings (SSSR count). The maximum Gasteiger partial charge on any atom is 0.224 e. The second-order valence-corrected chi connectivity index (χ2v) is 5.24. The fraction of sp³-hybridized carbons (Fsp3) is 0.500. The van der Waals surface area contributed by atoms with Crippen molar-refractivity contribution in [2.45, 2.75) is 19.8 Å². The van der Waals surface area contributed by atoms with Gasteiger partial charge in [0.2, 0.25) is 5.95 Å². The minimum Gasteiger partial charge on any atom is -0.368 e. The molecule has 0 aliphatic carbocycles. The molecule has 1 aliphatic heterocycles. The smallest absolute Gasteiger partial charge is 0.224 e. The van der Waals surface area contributed by atoms with E-state index in [0.717, 1.165) is 30.6 Å². The predicted octanol–water partition coefficient (Wildman–Crippen LogP) is 1.07. The van der Waals surface area contributed by atoms with E-state index in [1.54, 1.807) is 6.20 Å². The van der Waals surface area contributed by atoms with Crippen LogP contribution in [0.3, 0.4) is 0 Å². The minimum atomic E-state index is -0.339. The van der Waals surface area contributed by atoms with E-state index >= 15 is 0 Å². The topological polar surface area (TPSA) is 108 Å². The quantitative estimate of drug-likeness (QED) is 0.791. The highest BCUT2D eigenvalue weighted by Crippen LogP contribution is 2.33. The van der Waals surface area contributed by atoms with Crippen molar-refractivity contribution in [2.75, 3.05) is 23.7 Å². The summed E-state index contributed by atoms with van der Waals surface area (Å²) in [5.74, 6) is 0.980. The summed E-state index contributed by atoms with van der Waals surface area (Å²) in [6.07, 6.45) is 3.57. The average Bonchev–Trinajstić information content (AvgIpc) is 2.86. The molecule has 0 spiro atoms. The Balaban J connectivity index is 2.04. The van der Waals surface area contributed by atoms with Crippen molar-refractivity contribution in [1.29, 1.82) is 5.26 Å². The van der Waals surface area contributed by atoms with Gasteiger partial charge in [-0.3, -0.25) is 5.10 Å². The first-order valence-corrected chi connectivity index (χ1v) is 6.24. The molecule has 1 saturated heterocycles. The third-order valence-electron chi connectivity index (χ3n) is 3.57. The fourth-order valence-electron chi connectivity index (χ4n) is 2.59. The second kappa shape index (κ2) is 4.09. The first-order valence-electron chi connectivity index (χ1n) is 6.24. The van der Waals surface area contributed by atoms with Crippen LogP contribution in [0.4, 0.5) is 11.8 Å². The van der Waals surface area contributed by atoms with Gasteiger partial charge in [-0.2, -0.15) is 20.3 Å². The lowest BCUT2D eigenvalue weighted by atomic mass is 9.83. The van der Waals surface area contributed by atoms with Crippen LogP contribution in [0.15, 0.2) is 6.20 Å². The molecule has 1 atom stereocenters. The molecule has 1 fully saturated rings. The van der Waals surface area contributed by atoms with Gasteiger partial charge in [0.25, 0.3) is 0 Å². The number of hydrogen-bond donors (Lipinski definition) is 2. The molecule has 98 valence electrons. The van der Waals surface area contributed by atoms with Gasteiger partial charge in [0.15, 0.2) is 5.65 Å². The molecule has 0 radical (unpaired) electrons. The first kappa shape index (κ1) is 11.7. The van der Waals surface area contributed by atoms with Crippen LogP contribution >= 0.6 is 0 Å². The van der Waals surface area contributed by atoms with Crippen LogP contribution in [-0.2, 0) is 0 Å². The van der Waals surface area contributed by atoms with Crippen molar-refractivity contribution < 1.29 is 0 Å². The summed E-state index contributed by atoms with van der Waals surface area (Å²) in [6, 6.07) is 2.40. The lowest BCUT2D eigenvalue weighted by Gasteiger charge is -2.36. The van der Waals surface area contributed by atoms with Crippen molar-refractivity contribution in [2.24, 2.45) is 5.41 Å². The Hall–Kier alpha value is -2.36. The zero-order valence-corrected chi connectivity index (χ0v) is 10.7. The van der Waals surface area contributed by atoms with Crippen LogP contribution < -0.4 is 10.6 Å². The number of rotatable bonds is 1. The highest BCUT2D eigenvalue weighted by atomic mass is 15.2. The van der Waals surface area contributed by atoms with E-state index < -0.39 is 0 Å². The van der Waals surface area contributed by atoms with Crippen molar-refractivity contribution in [3.05, 3.63) is 6.20 Å². The number of aromatic nitrogens is 4. The molecule has 2 aromatic heterocycles. The van der Waals surface area contributed by atoms with Crippen LogP contribution in [0.5, 0.6) is 0 Å². The van der Waals surface area contributed by atoms with Crippen LogP contribution in [0.2, 0.25) is 0 Å². The van der Waals surface area contributed by atoms with Gasteiger partial charge < -0.3 is 10.6 Å². The lowest BCUT2D eigenvalue weighted by Crippen LogP contribution is -2.41. The maximum absolute atomic E-state index is 9.29. The fourth-order valence-corrected chi connectivity index (χ4v) is 2.59. The highest BCUT2D eigenvalue weighted by molar-refractivity contribution is 5.87. The Labute approximate surface area is 110 Å². The van der Waals surface area contributed by atoms with E-state index in [4.69, 9.17) is 5.73 Å². The van der Waals surface area contributed by atoms with Gasteiger partial charge in [-0.05, 0) is 19.8 Å². The monoisotopic (exact) mass is 257 g/mol. The van der Waals surface area contributed by atoms with Gasteiger partial charge in [0.05, 0.1) is 23.1 Å². The third kappa shape index (κ3) is 1.95. The molecule has 7 heteroatoms. The number of nitrogens with one attached hydrogen (secondary N) is 1. The summed E-state index contributed by atoms with van der Waals surface area (Å²) in [5.41, 5.74) is 6.02. The van der Waals surface area contributed by atoms with E-state index in [1.165, 1.54) is 0 Å². The van der Waals surface area contributed by atoms with Crippen LogP contribution in [-0.4, -0.2) is 33.3 Å². The Morgan fingerprint density at radius 1 is 1.53 bits per heavy atom. The summed E-state index contributed by atoms with van der Waals surface area (Å²) < 4.78 is 0. The van der Waals surface area contributed by atoms with Gasteiger partial charge in [-0.25, -0.2) is 0 Å². The molecule has 1 aliphatic rings. The summed E-state index contributed by atoms with van der Waals surface area (Å²) in [7, 11) is 0. The third-order valence-corrected chi connectivity index (χ3v) is 3.57. The van der Waals surface area contributed by atoms with Gasteiger partial charge in [0, 0.05) is 13.1 Å². The number of hydrogen-bond acceptors (Lipinski definition) is 6. The SMILES string of the molecule is CC1(C#N)CCCN(c2nc(N)nc3[nH]ncc23)C1. The summed E-state index contributed by atoms with van der Waals surface area (Å²) >= 11 is 0. The molecule has 0 saturated carbocycles. The van der Waals surface area contributed by atoms with E-state index in [0.29, 0.717) is 12.2 Å². The lowest BCUT2D eigenvalue weighted by molar-refractivity contribution is 0.348. The minimum absolute atomic E-state index is 0.219. The Kier molecular flexibility index (Phi) is 2.52. The number of nitrogens with zero attached hydrogens (tertiary/aromatic N) is 5. The molecule has 1 unspecified atom stereocenters.